The molecule has 1 fully saturated rings. The lowest BCUT2D eigenvalue weighted by Gasteiger charge is -2.30. The Hall–Kier alpha value is -0.610. The van der Waals surface area contributed by atoms with Gasteiger partial charge in [-0.25, -0.2) is 0 Å². The van der Waals surface area contributed by atoms with Crippen molar-refractivity contribution in [2.24, 2.45) is 5.92 Å². The van der Waals surface area contributed by atoms with Crippen LogP contribution in [0.2, 0.25) is 0 Å². The predicted molar refractivity (Wildman–Crippen MR) is 71.0 cm³/mol. The van der Waals surface area contributed by atoms with Crippen molar-refractivity contribution in [3.8, 4) is 0 Å². The first-order chi connectivity index (χ1) is 8.13. The van der Waals surface area contributed by atoms with Crippen LogP contribution in [0.4, 0.5) is 0 Å². The second kappa shape index (κ2) is 7.67. The van der Waals surface area contributed by atoms with Gasteiger partial charge in [-0.3, -0.25) is 4.79 Å². The highest BCUT2D eigenvalue weighted by atomic mass is 16.2. The van der Waals surface area contributed by atoms with E-state index in [1.54, 1.807) is 7.05 Å². The third-order valence-corrected chi connectivity index (χ3v) is 3.65. The van der Waals surface area contributed by atoms with Crippen LogP contribution < -0.4 is 10.6 Å². The van der Waals surface area contributed by atoms with Crippen LogP contribution in [0.3, 0.4) is 0 Å². The molecule has 0 bridgehead atoms. The number of amides is 1. The molecule has 100 valence electrons. The molecule has 1 atom stereocenters. The Kier molecular flexibility index (Phi) is 6.52. The van der Waals surface area contributed by atoms with Gasteiger partial charge >= 0.3 is 0 Å². The maximum absolute atomic E-state index is 11.5. The molecule has 4 nitrogen and oxygen atoms in total. The molecule has 1 amide bonds. The quantitative estimate of drug-likeness (QED) is 0.677. The molecule has 1 heterocycles. The Morgan fingerprint density at radius 3 is 2.65 bits per heavy atom. The average molecular weight is 241 g/mol. The van der Waals surface area contributed by atoms with Crippen LogP contribution in [-0.2, 0) is 4.79 Å². The molecule has 0 spiro atoms. The van der Waals surface area contributed by atoms with E-state index in [4.69, 9.17) is 0 Å². The van der Waals surface area contributed by atoms with E-state index in [0.717, 1.165) is 25.4 Å². The molecule has 0 aromatic rings. The van der Waals surface area contributed by atoms with E-state index in [2.05, 4.69) is 22.5 Å². The molecule has 1 aliphatic rings. The van der Waals surface area contributed by atoms with Crippen LogP contribution in [0, 0.1) is 5.92 Å². The normalized spacial score (nSPS) is 20.2. The largest absolute Gasteiger partial charge is 0.355 e. The van der Waals surface area contributed by atoms with E-state index in [1.807, 2.05) is 6.92 Å². The van der Waals surface area contributed by atoms with E-state index in [9.17, 15) is 4.79 Å². The van der Waals surface area contributed by atoms with Gasteiger partial charge in [-0.1, -0.05) is 6.92 Å². The Morgan fingerprint density at radius 1 is 1.41 bits per heavy atom. The van der Waals surface area contributed by atoms with Crippen molar-refractivity contribution in [2.45, 2.75) is 39.2 Å². The highest BCUT2D eigenvalue weighted by Crippen LogP contribution is 2.15. The number of likely N-dealkylation sites (tertiary alicyclic amines) is 1. The average Bonchev–Trinajstić information content (AvgIpc) is 2.35. The monoisotopic (exact) mass is 241 g/mol. The number of hydrogen-bond acceptors (Lipinski definition) is 3. The van der Waals surface area contributed by atoms with Crippen LogP contribution >= 0.6 is 0 Å². The van der Waals surface area contributed by atoms with E-state index >= 15 is 0 Å². The number of likely N-dealkylation sites (N-methyl/N-ethyl adjacent to an activating group) is 1. The van der Waals surface area contributed by atoms with Crippen molar-refractivity contribution in [3.05, 3.63) is 0 Å². The second-order valence-corrected chi connectivity index (χ2v) is 5.18. The van der Waals surface area contributed by atoms with Crippen LogP contribution in [0.5, 0.6) is 0 Å². The minimum absolute atomic E-state index is 0.0918. The fourth-order valence-corrected chi connectivity index (χ4v) is 2.08. The molecule has 0 aromatic heterocycles. The number of rotatable bonds is 6. The molecule has 4 heteroatoms. The summed E-state index contributed by atoms with van der Waals surface area (Å²) >= 11 is 0. The van der Waals surface area contributed by atoms with Gasteiger partial charge in [0.05, 0.1) is 6.04 Å². The first-order valence-corrected chi connectivity index (χ1v) is 6.80. The fraction of sp³-hybridized carbons (Fsp3) is 0.923. The standard InChI is InChI=1S/C13H27N3O/c1-11-5-9-16(10-6-11)8-4-7-15-13(17)12(2)14-3/h11-12,14H,4-10H2,1-3H3,(H,15,17). The molecule has 1 saturated heterocycles. The Bertz CT molecular complexity index is 225. The molecule has 17 heavy (non-hydrogen) atoms. The van der Waals surface area contributed by atoms with Gasteiger partial charge in [0.1, 0.15) is 0 Å². The number of carbonyl (C=O) groups is 1. The van der Waals surface area contributed by atoms with Gasteiger partial charge in [0.25, 0.3) is 0 Å². The van der Waals surface area contributed by atoms with Crippen molar-refractivity contribution in [2.75, 3.05) is 33.2 Å². The van der Waals surface area contributed by atoms with E-state index in [1.165, 1.54) is 25.9 Å². The number of carbonyl (C=O) groups excluding carboxylic acids is 1. The molecular weight excluding hydrogens is 214 g/mol. The molecule has 0 saturated carbocycles. The van der Waals surface area contributed by atoms with Crippen molar-refractivity contribution >= 4 is 5.91 Å². The smallest absolute Gasteiger partial charge is 0.236 e. The highest BCUT2D eigenvalue weighted by Gasteiger charge is 2.15. The van der Waals surface area contributed by atoms with Crippen molar-refractivity contribution in [1.82, 2.24) is 15.5 Å². The van der Waals surface area contributed by atoms with Crippen LogP contribution in [0.15, 0.2) is 0 Å². The summed E-state index contributed by atoms with van der Waals surface area (Å²) in [5.41, 5.74) is 0. The topological polar surface area (TPSA) is 44.4 Å². The molecular formula is C13H27N3O. The van der Waals surface area contributed by atoms with Crippen LogP contribution in [-0.4, -0.2) is 50.1 Å². The summed E-state index contributed by atoms with van der Waals surface area (Å²) < 4.78 is 0. The Labute approximate surface area is 105 Å². The summed E-state index contributed by atoms with van der Waals surface area (Å²) in [6.45, 7) is 8.56. The first kappa shape index (κ1) is 14.5. The van der Waals surface area contributed by atoms with E-state index in [0.29, 0.717) is 0 Å². The Balaban J connectivity index is 2.02. The van der Waals surface area contributed by atoms with Gasteiger partial charge in [-0.15, -0.1) is 0 Å². The molecule has 1 aliphatic heterocycles. The lowest BCUT2D eigenvalue weighted by Crippen LogP contribution is -2.41. The maximum atomic E-state index is 11.5. The van der Waals surface area contributed by atoms with Crippen molar-refractivity contribution in [1.29, 1.82) is 0 Å². The third kappa shape index (κ3) is 5.50. The summed E-state index contributed by atoms with van der Waals surface area (Å²) in [6.07, 6.45) is 3.70. The number of nitrogens with one attached hydrogen (secondary N) is 2. The van der Waals surface area contributed by atoms with E-state index < -0.39 is 0 Å². The maximum Gasteiger partial charge on any atom is 0.236 e. The minimum Gasteiger partial charge on any atom is -0.355 e. The molecule has 1 rings (SSSR count). The van der Waals surface area contributed by atoms with Gasteiger partial charge in [0.2, 0.25) is 5.91 Å². The SMILES string of the molecule is CNC(C)C(=O)NCCCN1CCC(C)CC1. The second-order valence-electron chi connectivity index (χ2n) is 5.18. The Morgan fingerprint density at radius 2 is 2.06 bits per heavy atom. The number of piperidine rings is 1. The predicted octanol–water partition coefficient (Wildman–Crippen LogP) is 0.833. The minimum atomic E-state index is -0.0918. The van der Waals surface area contributed by atoms with Crippen molar-refractivity contribution < 1.29 is 4.79 Å². The van der Waals surface area contributed by atoms with Gasteiger partial charge in [0.15, 0.2) is 0 Å². The molecule has 0 aliphatic carbocycles. The van der Waals surface area contributed by atoms with Gasteiger partial charge in [0, 0.05) is 6.54 Å². The number of nitrogens with zero attached hydrogens (tertiary/aromatic N) is 1. The summed E-state index contributed by atoms with van der Waals surface area (Å²) in [7, 11) is 1.80. The summed E-state index contributed by atoms with van der Waals surface area (Å²) in [6, 6.07) is -0.0918. The summed E-state index contributed by atoms with van der Waals surface area (Å²) in [5.74, 6) is 0.988. The first-order valence-electron chi connectivity index (χ1n) is 6.80. The zero-order chi connectivity index (χ0) is 12.7. The zero-order valence-electron chi connectivity index (χ0n) is 11.5. The summed E-state index contributed by atoms with van der Waals surface area (Å²) in [5, 5.41) is 5.89. The summed E-state index contributed by atoms with van der Waals surface area (Å²) in [4.78, 5) is 14.0. The fourth-order valence-electron chi connectivity index (χ4n) is 2.08. The molecule has 0 radical (unpaired) electrons. The van der Waals surface area contributed by atoms with Crippen LogP contribution in [0.1, 0.15) is 33.1 Å². The third-order valence-electron chi connectivity index (χ3n) is 3.65. The zero-order valence-corrected chi connectivity index (χ0v) is 11.5. The van der Waals surface area contributed by atoms with E-state index in [-0.39, 0.29) is 11.9 Å². The lowest BCUT2D eigenvalue weighted by molar-refractivity contribution is -0.122. The van der Waals surface area contributed by atoms with Crippen LogP contribution in [0.25, 0.3) is 0 Å². The lowest BCUT2D eigenvalue weighted by atomic mass is 9.99. The van der Waals surface area contributed by atoms with Gasteiger partial charge < -0.3 is 15.5 Å². The highest BCUT2D eigenvalue weighted by molar-refractivity contribution is 5.81. The molecule has 1 unspecified atom stereocenters. The van der Waals surface area contributed by atoms with Gasteiger partial charge in [-0.05, 0) is 58.8 Å². The molecule has 0 aromatic carbocycles. The molecule has 2 N–H and O–H groups in total. The van der Waals surface area contributed by atoms with Gasteiger partial charge in [-0.2, -0.15) is 0 Å². The van der Waals surface area contributed by atoms with Crippen molar-refractivity contribution in [3.63, 3.8) is 0 Å². The number of hydrogen-bond donors (Lipinski definition) is 2.